The standard InChI is InChI=1S/C10H21NS/c1-2-11-7-4-3-5-10-6-8-12-9-10/h10-11H,2-9H2,1H3. The Balaban J connectivity index is 1.81. The van der Waals surface area contributed by atoms with Crippen LogP contribution in [0.2, 0.25) is 0 Å². The van der Waals surface area contributed by atoms with Crippen molar-refractivity contribution in [1.29, 1.82) is 0 Å². The van der Waals surface area contributed by atoms with Gasteiger partial charge in [0.1, 0.15) is 0 Å². The van der Waals surface area contributed by atoms with E-state index >= 15 is 0 Å². The van der Waals surface area contributed by atoms with Crippen LogP contribution in [0, 0.1) is 5.92 Å². The van der Waals surface area contributed by atoms with E-state index in [1.54, 1.807) is 0 Å². The van der Waals surface area contributed by atoms with Crippen LogP contribution in [0.4, 0.5) is 0 Å². The summed E-state index contributed by atoms with van der Waals surface area (Å²) in [6.45, 7) is 4.52. The van der Waals surface area contributed by atoms with Crippen LogP contribution in [-0.2, 0) is 0 Å². The smallest absolute Gasteiger partial charge is 0.00388 e. The summed E-state index contributed by atoms with van der Waals surface area (Å²) in [5, 5.41) is 3.37. The topological polar surface area (TPSA) is 12.0 Å². The van der Waals surface area contributed by atoms with Gasteiger partial charge in [0.05, 0.1) is 0 Å². The van der Waals surface area contributed by atoms with Crippen molar-refractivity contribution in [2.24, 2.45) is 5.92 Å². The van der Waals surface area contributed by atoms with Crippen molar-refractivity contribution in [3.8, 4) is 0 Å². The maximum Gasteiger partial charge on any atom is -0.00388 e. The Morgan fingerprint density at radius 1 is 1.42 bits per heavy atom. The number of unbranched alkanes of at least 4 members (excludes halogenated alkanes) is 1. The lowest BCUT2D eigenvalue weighted by Crippen LogP contribution is -2.14. The van der Waals surface area contributed by atoms with E-state index < -0.39 is 0 Å². The molecule has 0 aromatic rings. The number of hydrogen-bond donors (Lipinski definition) is 1. The van der Waals surface area contributed by atoms with Crippen molar-refractivity contribution in [2.45, 2.75) is 32.6 Å². The molecule has 1 aliphatic rings. The van der Waals surface area contributed by atoms with Crippen LogP contribution >= 0.6 is 11.8 Å². The molecule has 0 aromatic carbocycles. The molecule has 1 unspecified atom stereocenters. The first-order chi connectivity index (χ1) is 5.93. The monoisotopic (exact) mass is 187 g/mol. The molecule has 0 aliphatic carbocycles. The normalized spacial score (nSPS) is 23.2. The van der Waals surface area contributed by atoms with Crippen LogP contribution in [0.3, 0.4) is 0 Å². The second kappa shape index (κ2) is 6.79. The van der Waals surface area contributed by atoms with Gasteiger partial charge >= 0.3 is 0 Å². The van der Waals surface area contributed by atoms with Gasteiger partial charge in [-0.3, -0.25) is 0 Å². The van der Waals surface area contributed by atoms with Crippen molar-refractivity contribution in [1.82, 2.24) is 5.32 Å². The molecule has 1 N–H and O–H groups in total. The van der Waals surface area contributed by atoms with Crippen molar-refractivity contribution >= 4 is 11.8 Å². The maximum absolute atomic E-state index is 3.37. The first-order valence-corrected chi connectivity index (χ1v) is 6.37. The summed E-state index contributed by atoms with van der Waals surface area (Å²) in [6, 6.07) is 0. The number of nitrogens with one attached hydrogen (secondary N) is 1. The Morgan fingerprint density at radius 3 is 3.00 bits per heavy atom. The van der Waals surface area contributed by atoms with Gasteiger partial charge in [0.15, 0.2) is 0 Å². The molecule has 1 aliphatic heterocycles. The van der Waals surface area contributed by atoms with Gasteiger partial charge in [0, 0.05) is 0 Å². The molecule has 1 saturated heterocycles. The maximum atomic E-state index is 3.37. The lowest BCUT2D eigenvalue weighted by atomic mass is 10.0. The third-order valence-electron chi connectivity index (χ3n) is 2.49. The summed E-state index contributed by atoms with van der Waals surface area (Å²) in [6.07, 6.45) is 5.75. The van der Waals surface area contributed by atoms with Crippen LogP contribution in [0.5, 0.6) is 0 Å². The fourth-order valence-electron chi connectivity index (χ4n) is 1.67. The molecular formula is C10H21NS. The number of hydrogen-bond acceptors (Lipinski definition) is 2. The molecule has 0 bridgehead atoms. The minimum atomic E-state index is 1.05. The van der Waals surface area contributed by atoms with E-state index in [-0.39, 0.29) is 0 Å². The van der Waals surface area contributed by atoms with Crippen LogP contribution in [0.25, 0.3) is 0 Å². The van der Waals surface area contributed by atoms with E-state index in [9.17, 15) is 0 Å². The molecule has 1 heterocycles. The van der Waals surface area contributed by atoms with Crippen LogP contribution in [-0.4, -0.2) is 24.6 Å². The quantitative estimate of drug-likeness (QED) is 0.641. The first-order valence-electron chi connectivity index (χ1n) is 5.22. The second-order valence-corrected chi connectivity index (χ2v) is 4.73. The van der Waals surface area contributed by atoms with Gasteiger partial charge in [-0.2, -0.15) is 11.8 Å². The summed E-state index contributed by atoms with van der Waals surface area (Å²) in [4.78, 5) is 0. The molecule has 0 amide bonds. The van der Waals surface area contributed by atoms with Crippen LogP contribution in [0.15, 0.2) is 0 Å². The van der Waals surface area contributed by atoms with Crippen LogP contribution < -0.4 is 5.32 Å². The Morgan fingerprint density at radius 2 is 2.33 bits per heavy atom. The molecular weight excluding hydrogens is 166 g/mol. The highest BCUT2D eigenvalue weighted by Gasteiger charge is 2.14. The lowest BCUT2D eigenvalue weighted by molar-refractivity contribution is 0.499. The fraction of sp³-hybridized carbons (Fsp3) is 1.00. The average molecular weight is 187 g/mol. The summed E-state index contributed by atoms with van der Waals surface area (Å²) in [5.41, 5.74) is 0. The zero-order valence-corrected chi connectivity index (χ0v) is 8.96. The van der Waals surface area contributed by atoms with Crippen molar-refractivity contribution in [3.63, 3.8) is 0 Å². The minimum Gasteiger partial charge on any atom is -0.317 e. The average Bonchev–Trinajstić information content (AvgIpc) is 2.57. The molecule has 2 heteroatoms. The van der Waals surface area contributed by atoms with E-state index in [1.807, 2.05) is 0 Å². The van der Waals surface area contributed by atoms with Crippen molar-refractivity contribution in [2.75, 3.05) is 24.6 Å². The van der Waals surface area contributed by atoms with Gasteiger partial charge < -0.3 is 5.32 Å². The predicted molar refractivity (Wildman–Crippen MR) is 57.8 cm³/mol. The van der Waals surface area contributed by atoms with E-state index in [1.165, 1.54) is 43.7 Å². The van der Waals surface area contributed by atoms with Crippen molar-refractivity contribution in [3.05, 3.63) is 0 Å². The molecule has 0 aromatic heterocycles. The summed E-state index contributed by atoms with van der Waals surface area (Å²) >= 11 is 2.13. The number of thioether (sulfide) groups is 1. The van der Waals surface area contributed by atoms with E-state index in [4.69, 9.17) is 0 Å². The van der Waals surface area contributed by atoms with Crippen molar-refractivity contribution < 1.29 is 0 Å². The molecule has 1 rings (SSSR count). The second-order valence-electron chi connectivity index (χ2n) is 3.58. The Bertz CT molecular complexity index is 100. The Labute approximate surface area is 80.7 Å². The first kappa shape index (κ1) is 10.4. The van der Waals surface area contributed by atoms with Crippen LogP contribution in [0.1, 0.15) is 32.6 Å². The summed E-state index contributed by atoms with van der Waals surface area (Å²) in [7, 11) is 0. The highest BCUT2D eigenvalue weighted by Crippen LogP contribution is 2.27. The van der Waals surface area contributed by atoms with Gasteiger partial charge in [-0.05, 0) is 49.8 Å². The van der Waals surface area contributed by atoms with E-state index in [0.29, 0.717) is 0 Å². The number of rotatable bonds is 6. The molecule has 1 atom stereocenters. The van der Waals surface area contributed by atoms with Gasteiger partial charge in [-0.15, -0.1) is 0 Å². The molecule has 0 spiro atoms. The zero-order valence-electron chi connectivity index (χ0n) is 8.14. The Hall–Kier alpha value is 0.310. The third-order valence-corrected chi connectivity index (χ3v) is 3.72. The highest BCUT2D eigenvalue weighted by molar-refractivity contribution is 7.99. The molecule has 0 radical (unpaired) electrons. The SMILES string of the molecule is CCNCCCCC1CCSC1. The van der Waals surface area contributed by atoms with Gasteiger partial charge in [-0.1, -0.05) is 13.3 Å². The molecule has 12 heavy (non-hydrogen) atoms. The highest BCUT2D eigenvalue weighted by atomic mass is 32.2. The van der Waals surface area contributed by atoms with Gasteiger partial charge in [-0.25, -0.2) is 0 Å². The zero-order chi connectivity index (χ0) is 8.65. The summed E-state index contributed by atoms with van der Waals surface area (Å²) in [5.74, 6) is 3.90. The minimum absolute atomic E-state index is 1.05. The molecule has 72 valence electrons. The predicted octanol–water partition coefficient (Wildman–Crippen LogP) is 2.52. The largest absolute Gasteiger partial charge is 0.317 e. The third kappa shape index (κ3) is 4.36. The molecule has 1 fully saturated rings. The lowest BCUT2D eigenvalue weighted by Gasteiger charge is -2.07. The van der Waals surface area contributed by atoms with E-state index in [2.05, 4.69) is 24.0 Å². The van der Waals surface area contributed by atoms with E-state index in [0.717, 1.165) is 12.5 Å². The fourth-order valence-corrected chi connectivity index (χ4v) is 3.00. The Kier molecular flexibility index (Phi) is 5.88. The summed E-state index contributed by atoms with van der Waals surface area (Å²) < 4.78 is 0. The van der Waals surface area contributed by atoms with Gasteiger partial charge in [0.2, 0.25) is 0 Å². The van der Waals surface area contributed by atoms with Gasteiger partial charge in [0.25, 0.3) is 0 Å². The molecule has 0 saturated carbocycles. The molecule has 1 nitrogen and oxygen atoms in total.